The van der Waals surface area contributed by atoms with Gasteiger partial charge in [-0.1, -0.05) is 12.1 Å². The summed E-state index contributed by atoms with van der Waals surface area (Å²) in [5.74, 6) is 0.702. The minimum absolute atomic E-state index is 0.171. The lowest BCUT2D eigenvalue weighted by atomic mass is 10.3. The van der Waals surface area contributed by atoms with Crippen molar-refractivity contribution in [1.82, 2.24) is 14.4 Å². The molecule has 0 saturated heterocycles. The van der Waals surface area contributed by atoms with Crippen LogP contribution in [0.3, 0.4) is 0 Å². The average molecular weight is 200 g/mol. The molecule has 0 amide bonds. The molecule has 0 saturated carbocycles. The van der Waals surface area contributed by atoms with Crippen molar-refractivity contribution < 1.29 is 0 Å². The Balaban J connectivity index is 2.67. The predicted molar refractivity (Wildman–Crippen MR) is 57.7 cm³/mol. The Kier molecular flexibility index (Phi) is 1.39. The highest BCUT2D eigenvalue weighted by atomic mass is 16.1. The van der Waals surface area contributed by atoms with Gasteiger partial charge in [0, 0.05) is 6.07 Å². The maximum Gasteiger partial charge on any atom is 0.261 e. The van der Waals surface area contributed by atoms with Gasteiger partial charge in [0.1, 0.15) is 5.82 Å². The summed E-state index contributed by atoms with van der Waals surface area (Å²) in [6.07, 6.45) is 0. The van der Waals surface area contributed by atoms with Crippen LogP contribution in [0, 0.1) is 0 Å². The molecule has 0 bridgehead atoms. The molecule has 5 heteroatoms. The van der Waals surface area contributed by atoms with Crippen LogP contribution in [0.4, 0.5) is 5.82 Å². The van der Waals surface area contributed by atoms with E-state index >= 15 is 0 Å². The van der Waals surface area contributed by atoms with Crippen LogP contribution in [0.5, 0.6) is 0 Å². The number of nitrogens with two attached hydrogens (primary N) is 1. The molecule has 74 valence electrons. The maximum atomic E-state index is 11.7. The standard InChI is InChI=1S/C10H8N4O/c11-8-5-9(15)14-7-4-2-1-3-6(7)12-10(14)13-8/h1-5H,11H2,(H,12,13). The highest BCUT2D eigenvalue weighted by Gasteiger charge is 2.06. The molecule has 2 aromatic heterocycles. The number of aromatic nitrogens is 3. The molecule has 0 unspecified atom stereocenters. The van der Waals surface area contributed by atoms with E-state index in [0.29, 0.717) is 5.78 Å². The van der Waals surface area contributed by atoms with Gasteiger partial charge in [-0.15, -0.1) is 0 Å². The summed E-state index contributed by atoms with van der Waals surface area (Å²) in [7, 11) is 0. The smallest absolute Gasteiger partial charge is 0.261 e. The SMILES string of the molecule is Nc1cc(=O)n2c(n1)[nH]c1ccccc12. The molecular formula is C10H8N4O. The molecule has 3 N–H and O–H groups in total. The maximum absolute atomic E-state index is 11.7. The number of benzene rings is 1. The van der Waals surface area contributed by atoms with Gasteiger partial charge in [0.15, 0.2) is 0 Å². The molecule has 0 fully saturated rings. The Morgan fingerprint density at radius 3 is 3.00 bits per heavy atom. The third-order valence-corrected chi connectivity index (χ3v) is 2.33. The van der Waals surface area contributed by atoms with Crippen molar-refractivity contribution >= 4 is 22.6 Å². The van der Waals surface area contributed by atoms with Crippen LogP contribution in [-0.2, 0) is 0 Å². The summed E-state index contributed by atoms with van der Waals surface area (Å²) in [4.78, 5) is 18.8. The fourth-order valence-corrected chi connectivity index (χ4v) is 1.71. The van der Waals surface area contributed by atoms with Crippen LogP contribution in [0.15, 0.2) is 35.1 Å². The molecule has 0 spiro atoms. The number of para-hydroxylation sites is 2. The molecule has 0 aliphatic carbocycles. The molecule has 1 aromatic carbocycles. The van der Waals surface area contributed by atoms with E-state index in [1.165, 1.54) is 10.5 Å². The Morgan fingerprint density at radius 1 is 1.33 bits per heavy atom. The number of anilines is 1. The molecule has 5 nitrogen and oxygen atoms in total. The summed E-state index contributed by atoms with van der Waals surface area (Å²) in [5, 5.41) is 0. The third kappa shape index (κ3) is 1.03. The van der Waals surface area contributed by atoms with E-state index in [1.807, 2.05) is 24.3 Å². The van der Waals surface area contributed by atoms with E-state index in [2.05, 4.69) is 9.97 Å². The number of aromatic amines is 1. The quantitative estimate of drug-likeness (QED) is 0.562. The minimum atomic E-state index is -0.171. The molecular weight excluding hydrogens is 192 g/mol. The van der Waals surface area contributed by atoms with Crippen LogP contribution >= 0.6 is 0 Å². The summed E-state index contributed by atoms with van der Waals surface area (Å²) in [6.45, 7) is 0. The van der Waals surface area contributed by atoms with Crippen LogP contribution < -0.4 is 11.3 Å². The Labute approximate surface area is 84.2 Å². The molecule has 0 radical (unpaired) electrons. The molecule has 3 rings (SSSR count). The van der Waals surface area contributed by atoms with E-state index in [1.54, 1.807) is 0 Å². The van der Waals surface area contributed by atoms with E-state index in [-0.39, 0.29) is 11.4 Å². The Hall–Kier alpha value is -2.30. The van der Waals surface area contributed by atoms with E-state index in [4.69, 9.17) is 5.73 Å². The lowest BCUT2D eigenvalue weighted by Crippen LogP contribution is -2.13. The average Bonchev–Trinajstić information content (AvgIpc) is 2.54. The van der Waals surface area contributed by atoms with Crippen molar-refractivity contribution in [3.05, 3.63) is 40.7 Å². The molecule has 0 aliphatic rings. The number of nitrogens with one attached hydrogen (secondary N) is 1. The first-order valence-electron chi connectivity index (χ1n) is 4.52. The molecule has 15 heavy (non-hydrogen) atoms. The monoisotopic (exact) mass is 200 g/mol. The van der Waals surface area contributed by atoms with Gasteiger partial charge in [-0.25, -0.2) is 4.40 Å². The summed E-state index contributed by atoms with van der Waals surface area (Å²) in [5.41, 5.74) is 7.01. The normalized spacial score (nSPS) is 11.2. The third-order valence-electron chi connectivity index (χ3n) is 2.33. The van der Waals surface area contributed by atoms with E-state index in [0.717, 1.165) is 11.0 Å². The lowest BCUT2D eigenvalue weighted by molar-refractivity contribution is 1.09. The topological polar surface area (TPSA) is 76.2 Å². The zero-order chi connectivity index (χ0) is 10.4. The van der Waals surface area contributed by atoms with E-state index in [9.17, 15) is 4.79 Å². The van der Waals surface area contributed by atoms with Gasteiger partial charge in [0.2, 0.25) is 5.78 Å². The summed E-state index contributed by atoms with van der Waals surface area (Å²) >= 11 is 0. The minimum Gasteiger partial charge on any atom is -0.383 e. The first-order chi connectivity index (χ1) is 7.25. The second kappa shape index (κ2) is 2.60. The summed E-state index contributed by atoms with van der Waals surface area (Å²) < 4.78 is 1.51. The van der Waals surface area contributed by atoms with Gasteiger partial charge in [-0.05, 0) is 12.1 Å². The van der Waals surface area contributed by atoms with Crippen molar-refractivity contribution in [3.8, 4) is 0 Å². The summed E-state index contributed by atoms with van der Waals surface area (Å²) in [6, 6.07) is 8.83. The van der Waals surface area contributed by atoms with Crippen molar-refractivity contribution in [2.24, 2.45) is 0 Å². The number of rotatable bonds is 0. The largest absolute Gasteiger partial charge is 0.383 e. The number of imidazole rings is 1. The lowest BCUT2D eigenvalue weighted by Gasteiger charge is -1.94. The number of nitrogens with zero attached hydrogens (tertiary/aromatic N) is 2. The van der Waals surface area contributed by atoms with Crippen molar-refractivity contribution in [1.29, 1.82) is 0 Å². The highest BCUT2D eigenvalue weighted by Crippen LogP contribution is 2.12. The highest BCUT2D eigenvalue weighted by molar-refractivity contribution is 5.79. The van der Waals surface area contributed by atoms with Crippen LogP contribution in [0.25, 0.3) is 16.8 Å². The zero-order valence-corrected chi connectivity index (χ0v) is 7.77. The number of hydrogen-bond acceptors (Lipinski definition) is 3. The van der Waals surface area contributed by atoms with Crippen LogP contribution in [-0.4, -0.2) is 14.4 Å². The van der Waals surface area contributed by atoms with Gasteiger partial charge < -0.3 is 10.7 Å². The van der Waals surface area contributed by atoms with Gasteiger partial charge in [-0.3, -0.25) is 4.79 Å². The Morgan fingerprint density at radius 2 is 2.13 bits per heavy atom. The fraction of sp³-hybridized carbons (Fsp3) is 0. The predicted octanol–water partition coefficient (Wildman–Crippen LogP) is 0.758. The van der Waals surface area contributed by atoms with Gasteiger partial charge in [0.05, 0.1) is 11.0 Å². The number of hydrogen-bond donors (Lipinski definition) is 2. The van der Waals surface area contributed by atoms with Crippen LogP contribution in [0.2, 0.25) is 0 Å². The second-order valence-corrected chi connectivity index (χ2v) is 3.32. The number of nitrogen functional groups attached to an aromatic ring is 1. The second-order valence-electron chi connectivity index (χ2n) is 3.32. The molecule has 0 atom stereocenters. The van der Waals surface area contributed by atoms with Crippen molar-refractivity contribution in [2.75, 3.05) is 5.73 Å². The molecule has 2 heterocycles. The first-order valence-corrected chi connectivity index (χ1v) is 4.52. The molecule has 3 aromatic rings. The Bertz CT molecular complexity index is 710. The van der Waals surface area contributed by atoms with Gasteiger partial charge in [0.25, 0.3) is 5.56 Å². The molecule has 0 aliphatic heterocycles. The number of fused-ring (bicyclic) bond motifs is 3. The van der Waals surface area contributed by atoms with Crippen molar-refractivity contribution in [2.45, 2.75) is 0 Å². The zero-order valence-electron chi connectivity index (χ0n) is 7.77. The number of H-pyrrole nitrogens is 1. The van der Waals surface area contributed by atoms with Gasteiger partial charge >= 0.3 is 0 Å². The fourth-order valence-electron chi connectivity index (χ4n) is 1.71. The first kappa shape index (κ1) is 8.05. The van der Waals surface area contributed by atoms with Crippen LogP contribution in [0.1, 0.15) is 0 Å². The van der Waals surface area contributed by atoms with E-state index < -0.39 is 0 Å². The van der Waals surface area contributed by atoms with Crippen molar-refractivity contribution in [3.63, 3.8) is 0 Å². The van der Waals surface area contributed by atoms with Gasteiger partial charge in [-0.2, -0.15) is 4.98 Å².